The van der Waals surface area contributed by atoms with E-state index in [2.05, 4.69) is 5.32 Å². The SMILES string of the molecule is CCNC(=S)N1C=CC(C)S1=O. The minimum atomic E-state index is -1.02. The molecule has 3 nitrogen and oxygen atoms in total. The van der Waals surface area contributed by atoms with Gasteiger partial charge in [-0.1, -0.05) is 0 Å². The van der Waals surface area contributed by atoms with Gasteiger partial charge in [-0.05, 0) is 32.1 Å². The Kier molecular flexibility index (Phi) is 3.22. The first-order valence-corrected chi connectivity index (χ1v) is 5.40. The minimum Gasteiger partial charge on any atom is -0.362 e. The molecular weight excluding hydrogens is 192 g/mol. The quantitative estimate of drug-likeness (QED) is 0.640. The summed E-state index contributed by atoms with van der Waals surface area (Å²) in [5.41, 5.74) is 0. The van der Waals surface area contributed by atoms with Gasteiger partial charge in [-0.25, -0.2) is 8.51 Å². The molecule has 2 unspecified atom stereocenters. The van der Waals surface area contributed by atoms with E-state index in [-0.39, 0.29) is 5.25 Å². The average Bonchev–Trinajstić information content (AvgIpc) is 2.34. The molecule has 1 heterocycles. The van der Waals surface area contributed by atoms with E-state index in [1.165, 1.54) is 0 Å². The first-order valence-electron chi connectivity index (χ1n) is 3.83. The molecule has 1 aliphatic rings. The van der Waals surface area contributed by atoms with Crippen LogP contribution in [0.5, 0.6) is 0 Å². The highest BCUT2D eigenvalue weighted by Gasteiger charge is 2.23. The minimum absolute atomic E-state index is 0.0709. The smallest absolute Gasteiger partial charge is 0.185 e. The summed E-state index contributed by atoms with van der Waals surface area (Å²) < 4.78 is 13.1. The predicted octanol–water partition coefficient (Wildman–Crippen LogP) is 0.762. The highest BCUT2D eigenvalue weighted by molar-refractivity contribution is 7.87. The Morgan fingerprint density at radius 1 is 1.83 bits per heavy atom. The van der Waals surface area contributed by atoms with Crippen LogP contribution in [0.1, 0.15) is 13.8 Å². The molecule has 1 aliphatic heterocycles. The van der Waals surface area contributed by atoms with Gasteiger partial charge >= 0.3 is 0 Å². The van der Waals surface area contributed by atoms with Crippen LogP contribution in [0, 0.1) is 0 Å². The molecule has 68 valence electrons. The molecule has 5 heteroatoms. The van der Waals surface area contributed by atoms with Gasteiger partial charge in [0.2, 0.25) is 0 Å². The van der Waals surface area contributed by atoms with E-state index < -0.39 is 11.0 Å². The van der Waals surface area contributed by atoms with Crippen molar-refractivity contribution in [3.8, 4) is 0 Å². The van der Waals surface area contributed by atoms with Gasteiger partial charge < -0.3 is 5.32 Å². The second-order valence-electron chi connectivity index (χ2n) is 2.48. The third kappa shape index (κ3) is 1.84. The summed E-state index contributed by atoms with van der Waals surface area (Å²) in [5.74, 6) is 0. The normalized spacial score (nSPS) is 27.7. The van der Waals surface area contributed by atoms with Crippen LogP contribution in [-0.2, 0) is 11.0 Å². The Bertz CT molecular complexity index is 240. The standard InChI is InChI=1S/C7H12N2OS2/c1-3-8-7(11)9-5-4-6(2)12(9)10/h4-6H,3H2,1-2H3,(H,8,11). The molecule has 0 saturated carbocycles. The van der Waals surface area contributed by atoms with Crippen LogP contribution >= 0.6 is 12.2 Å². The van der Waals surface area contributed by atoms with Crippen LogP contribution in [-0.4, -0.2) is 25.4 Å². The largest absolute Gasteiger partial charge is 0.362 e. The van der Waals surface area contributed by atoms with Crippen molar-refractivity contribution in [2.45, 2.75) is 19.1 Å². The third-order valence-electron chi connectivity index (χ3n) is 1.53. The maximum atomic E-state index is 11.5. The zero-order chi connectivity index (χ0) is 9.14. The van der Waals surface area contributed by atoms with Crippen LogP contribution in [0.25, 0.3) is 0 Å². The first-order chi connectivity index (χ1) is 5.66. The maximum absolute atomic E-state index is 11.5. The van der Waals surface area contributed by atoms with Crippen molar-refractivity contribution >= 4 is 28.3 Å². The first kappa shape index (κ1) is 9.67. The van der Waals surface area contributed by atoms with Gasteiger partial charge in [0.05, 0.1) is 5.25 Å². The van der Waals surface area contributed by atoms with E-state index in [0.29, 0.717) is 5.11 Å². The molecule has 0 aromatic rings. The Balaban J connectivity index is 2.60. The van der Waals surface area contributed by atoms with Crippen LogP contribution in [0.3, 0.4) is 0 Å². The van der Waals surface area contributed by atoms with Crippen LogP contribution in [0.15, 0.2) is 12.3 Å². The van der Waals surface area contributed by atoms with Crippen molar-refractivity contribution in [3.05, 3.63) is 12.3 Å². The summed E-state index contributed by atoms with van der Waals surface area (Å²) in [6.07, 6.45) is 3.66. The molecule has 2 atom stereocenters. The summed E-state index contributed by atoms with van der Waals surface area (Å²) in [5, 5.41) is 3.56. The summed E-state index contributed by atoms with van der Waals surface area (Å²) in [4.78, 5) is 0. The topological polar surface area (TPSA) is 32.3 Å². The van der Waals surface area contributed by atoms with Gasteiger partial charge in [-0.15, -0.1) is 0 Å². The summed E-state index contributed by atoms with van der Waals surface area (Å²) in [7, 11) is -1.02. The Morgan fingerprint density at radius 3 is 2.92 bits per heavy atom. The Morgan fingerprint density at radius 2 is 2.50 bits per heavy atom. The molecule has 0 amide bonds. The fourth-order valence-electron chi connectivity index (χ4n) is 0.884. The fourth-order valence-corrected chi connectivity index (χ4v) is 2.29. The molecule has 0 aromatic carbocycles. The predicted molar refractivity (Wildman–Crippen MR) is 54.9 cm³/mol. The van der Waals surface area contributed by atoms with E-state index in [1.54, 1.807) is 10.5 Å². The number of thiocarbonyl (C=S) groups is 1. The average molecular weight is 204 g/mol. The van der Waals surface area contributed by atoms with Gasteiger partial charge in [-0.2, -0.15) is 0 Å². The monoisotopic (exact) mass is 204 g/mol. The molecule has 0 aliphatic carbocycles. The summed E-state index contributed by atoms with van der Waals surface area (Å²) in [6.45, 7) is 4.62. The van der Waals surface area contributed by atoms with Crippen molar-refractivity contribution in [3.63, 3.8) is 0 Å². The third-order valence-corrected chi connectivity index (χ3v) is 3.47. The lowest BCUT2D eigenvalue weighted by molar-refractivity contribution is 0.656. The van der Waals surface area contributed by atoms with Gasteiger partial charge in [-0.3, -0.25) is 0 Å². The molecule has 0 saturated heterocycles. The van der Waals surface area contributed by atoms with Crippen molar-refractivity contribution in [2.75, 3.05) is 6.54 Å². The number of rotatable bonds is 1. The zero-order valence-corrected chi connectivity index (χ0v) is 8.74. The van der Waals surface area contributed by atoms with E-state index in [4.69, 9.17) is 12.2 Å². The molecule has 1 rings (SSSR count). The van der Waals surface area contributed by atoms with Gasteiger partial charge in [0.1, 0.15) is 11.0 Å². The highest BCUT2D eigenvalue weighted by atomic mass is 32.2. The maximum Gasteiger partial charge on any atom is 0.185 e. The molecule has 12 heavy (non-hydrogen) atoms. The summed E-state index contributed by atoms with van der Waals surface area (Å²) >= 11 is 5.01. The number of hydrogen-bond acceptors (Lipinski definition) is 2. The van der Waals surface area contributed by atoms with Gasteiger partial charge in [0.15, 0.2) is 5.11 Å². The molecular formula is C7H12N2OS2. The van der Waals surface area contributed by atoms with Crippen molar-refractivity contribution in [2.24, 2.45) is 0 Å². The van der Waals surface area contributed by atoms with Crippen LogP contribution < -0.4 is 5.32 Å². The number of nitrogens with zero attached hydrogens (tertiary/aromatic N) is 1. The Hall–Kier alpha value is -0.420. The zero-order valence-electron chi connectivity index (χ0n) is 7.11. The molecule has 0 radical (unpaired) electrons. The van der Waals surface area contributed by atoms with Crippen molar-refractivity contribution < 1.29 is 4.21 Å². The second kappa shape index (κ2) is 4.00. The fraction of sp³-hybridized carbons (Fsp3) is 0.571. The lowest BCUT2D eigenvalue weighted by Crippen LogP contribution is -2.36. The number of hydrogen-bond donors (Lipinski definition) is 1. The van der Waals surface area contributed by atoms with E-state index in [9.17, 15) is 4.21 Å². The second-order valence-corrected chi connectivity index (χ2v) is 4.56. The van der Waals surface area contributed by atoms with Crippen molar-refractivity contribution in [1.82, 2.24) is 9.62 Å². The van der Waals surface area contributed by atoms with Crippen molar-refractivity contribution in [1.29, 1.82) is 0 Å². The van der Waals surface area contributed by atoms with Gasteiger partial charge in [0.25, 0.3) is 0 Å². The molecule has 0 fully saturated rings. The number of nitrogens with one attached hydrogen (secondary N) is 1. The molecule has 0 spiro atoms. The van der Waals surface area contributed by atoms with E-state index in [1.807, 2.05) is 19.9 Å². The molecule has 0 aromatic heterocycles. The van der Waals surface area contributed by atoms with E-state index in [0.717, 1.165) is 6.54 Å². The van der Waals surface area contributed by atoms with E-state index >= 15 is 0 Å². The summed E-state index contributed by atoms with van der Waals surface area (Å²) in [6, 6.07) is 0. The van der Waals surface area contributed by atoms with Crippen LogP contribution in [0.4, 0.5) is 0 Å². The Labute approximate surface area is 80.4 Å². The lowest BCUT2D eigenvalue weighted by Gasteiger charge is -2.16. The molecule has 0 bridgehead atoms. The van der Waals surface area contributed by atoms with Crippen LogP contribution in [0.2, 0.25) is 0 Å². The van der Waals surface area contributed by atoms with Gasteiger partial charge in [0, 0.05) is 12.7 Å². The highest BCUT2D eigenvalue weighted by Crippen LogP contribution is 2.13. The lowest BCUT2D eigenvalue weighted by atomic mass is 10.5. The molecule has 1 N–H and O–H groups in total.